The smallest absolute Gasteiger partial charge is 0.258 e. The van der Waals surface area contributed by atoms with Crippen molar-refractivity contribution >= 4 is 40.3 Å². The van der Waals surface area contributed by atoms with Gasteiger partial charge in [0.2, 0.25) is 5.91 Å². The SMILES string of the molecule is Cl.O=C1N(Cc2cc(=O)n3ccsc3n2)c2ccccc2C12CCNC2. The quantitative estimate of drug-likeness (QED) is 0.728. The maximum absolute atomic E-state index is 13.3. The van der Waals surface area contributed by atoms with Crippen molar-refractivity contribution in [2.75, 3.05) is 18.0 Å². The van der Waals surface area contributed by atoms with Crippen molar-refractivity contribution in [1.82, 2.24) is 14.7 Å². The van der Waals surface area contributed by atoms with Gasteiger partial charge >= 0.3 is 0 Å². The van der Waals surface area contributed by atoms with Crippen molar-refractivity contribution in [1.29, 1.82) is 0 Å². The Morgan fingerprint density at radius 2 is 2.12 bits per heavy atom. The average molecular weight is 389 g/mol. The normalized spacial score (nSPS) is 21.4. The van der Waals surface area contributed by atoms with E-state index in [-0.39, 0.29) is 23.9 Å². The van der Waals surface area contributed by atoms with Gasteiger partial charge < -0.3 is 10.2 Å². The number of carbonyl (C=O) groups excluding carboxylic acids is 1. The van der Waals surface area contributed by atoms with Crippen LogP contribution < -0.4 is 15.8 Å². The lowest BCUT2D eigenvalue weighted by Gasteiger charge is -2.22. The molecule has 134 valence electrons. The summed E-state index contributed by atoms with van der Waals surface area (Å²) in [7, 11) is 0. The summed E-state index contributed by atoms with van der Waals surface area (Å²) in [6.45, 7) is 1.83. The van der Waals surface area contributed by atoms with Crippen LogP contribution in [0.5, 0.6) is 0 Å². The molecule has 0 aliphatic carbocycles. The third-order valence-corrected chi connectivity index (χ3v) is 5.95. The predicted octanol–water partition coefficient (Wildman–Crippen LogP) is 1.96. The first-order chi connectivity index (χ1) is 12.2. The Labute approximate surface area is 159 Å². The zero-order chi connectivity index (χ0) is 17.0. The fourth-order valence-corrected chi connectivity index (χ4v) is 4.73. The maximum atomic E-state index is 13.3. The number of amides is 1. The predicted molar refractivity (Wildman–Crippen MR) is 103 cm³/mol. The van der Waals surface area contributed by atoms with Gasteiger partial charge in [0, 0.05) is 29.9 Å². The number of halogens is 1. The first-order valence-corrected chi connectivity index (χ1v) is 9.15. The van der Waals surface area contributed by atoms with Crippen LogP contribution >= 0.6 is 23.7 Å². The molecule has 5 rings (SSSR count). The van der Waals surface area contributed by atoms with Crippen molar-refractivity contribution in [3.63, 3.8) is 0 Å². The molecule has 1 unspecified atom stereocenters. The standard InChI is InChI=1S/C18H16N4O2S.ClH/c23-15-9-12(20-17-21(15)7-8-25-17)10-22-14-4-2-1-3-13(14)18(16(22)24)5-6-19-11-18;/h1-4,7-9,19H,5-6,10-11H2;1H. The van der Waals surface area contributed by atoms with E-state index in [2.05, 4.69) is 10.3 Å². The van der Waals surface area contributed by atoms with Crippen LogP contribution in [0.2, 0.25) is 0 Å². The highest BCUT2D eigenvalue weighted by molar-refractivity contribution is 7.15. The lowest BCUT2D eigenvalue weighted by molar-refractivity contribution is -0.122. The monoisotopic (exact) mass is 388 g/mol. The number of rotatable bonds is 2. The van der Waals surface area contributed by atoms with Crippen LogP contribution in [0.3, 0.4) is 0 Å². The molecule has 1 atom stereocenters. The molecular weight excluding hydrogens is 372 g/mol. The van der Waals surface area contributed by atoms with E-state index in [1.165, 1.54) is 21.8 Å². The summed E-state index contributed by atoms with van der Waals surface area (Å²) in [6, 6.07) is 9.48. The maximum Gasteiger partial charge on any atom is 0.258 e. The molecule has 8 heteroatoms. The number of nitrogens with zero attached hydrogens (tertiary/aromatic N) is 3. The average Bonchev–Trinajstić information content (AvgIpc) is 3.33. The Bertz CT molecular complexity index is 1050. The molecule has 0 saturated carbocycles. The third-order valence-electron chi connectivity index (χ3n) is 5.20. The van der Waals surface area contributed by atoms with Gasteiger partial charge in [0.15, 0.2) is 4.96 Å². The summed E-state index contributed by atoms with van der Waals surface area (Å²) >= 11 is 1.42. The third kappa shape index (κ3) is 2.31. The molecule has 1 N–H and O–H groups in total. The molecule has 2 aliphatic rings. The Morgan fingerprint density at radius 1 is 1.27 bits per heavy atom. The van der Waals surface area contributed by atoms with Gasteiger partial charge in [0.25, 0.3) is 5.56 Å². The van der Waals surface area contributed by atoms with Gasteiger partial charge in [0.05, 0.1) is 17.7 Å². The van der Waals surface area contributed by atoms with Crippen molar-refractivity contribution in [3.05, 3.63) is 63.5 Å². The Morgan fingerprint density at radius 3 is 2.92 bits per heavy atom. The van der Waals surface area contributed by atoms with E-state index in [0.717, 1.165) is 24.2 Å². The van der Waals surface area contributed by atoms with Crippen LogP contribution in [-0.4, -0.2) is 28.4 Å². The molecule has 1 fully saturated rings. The molecule has 2 aliphatic heterocycles. The molecule has 4 heterocycles. The Hall–Kier alpha value is -2.22. The first-order valence-electron chi connectivity index (χ1n) is 8.27. The van der Waals surface area contributed by atoms with Gasteiger partial charge in [-0.15, -0.1) is 23.7 Å². The van der Waals surface area contributed by atoms with Gasteiger partial charge in [-0.1, -0.05) is 18.2 Å². The van der Waals surface area contributed by atoms with Crippen LogP contribution in [0.25, 0.3) is 4.96 Å². The number of thiazole rings is 1. The lowest BCUT2D eigenvalue weighted by atomic mass is 9.81. The second kappa shape index (κ2) is 6.19. The minimum Gasteiger partial charge on any atom is -0.315 e. The highest BCUT2D eigenvalue weighted by Gasteiger charge is 2.52. The molecule has 2 aromatic heterocycles. The van der Waals surface area contributed by atoms with Crippen molar-refractivity contribution in [3.8, 4) is 0 Å². The summed E-state index contributed by atoms with van der Waals surface area (Å²) < 4.78 is 1.52. The van der Waals surface area contributed by atoms with Crippen molar-refractivity contribution in [2.45, 2.75) is 18.4 Å². The van der Waals surface area contributed by atoms with E-state index in [0.29, 0.717) is 23.7 Å². The number of para-hydroxylation sites is 1. The number of fused-ring (bicyclic) bond motifs is 3. The molecule has 3 aromatic rings. The van der Waals surface area contributed by atoms with E-state index >= 15 is 0 Å². The molecule has 0 bridgehead atoms. The zero-order valence-corrected chi connectivity index (χ0v) is 15.5. The summed E-state index contributed by atoms with van der Waals surface area (Å²) in [6.07, 6.45) is 2.52. The number of carbonyl (C=O) groups is 1. The minimum absolute atomic E-state index is 0. The van der Waals surface area contributed by atoms with Gasteiger partial charge in [-0.3, -0.25) is 14.0 Å². The number of anilines is 1. The highest BCUT2D eigenvalue weighted by Crippen LogP contribution is 2.45. The van der Waals surface area contributed by atoms with E-state index in [9.17, 15) is 9.59 Å². The van der Waals surface area contributed by atoms with Gasteiger partial charge in [0.1, 0.15) is 0 Å². The first kappa shape index (κ1) is 17.2. The molecule has 0 radical (unpaired) electrons. The highest BCUT2D eigenvalue weighted by atomic mass is 35.5. The van der Waals surface area contributed by atoms with Crippen LogP contribution in [-0.2, 0) is 16.8 Å². The van der Waals surface area contributed by atoms with Crippen LogP contribution in [0, 0.1) is 0 Å². The summed E-state index contributed by atoms with van der Waals surface area (Å²) in [5.41, 5.74) is 2.05. The van der Waals surface area contributed by atoms with Gasteiger partial charge in [-0.2, -0.15) is 0 Å². The fraction of sp³-hybridized carbons (Fsp3) is 0.278. The zero-order valence-electron chi connectivity index (χ0n) is 13.8. The molecule has 1 saturated heterocycles. The van der Waals surface area contributed by atoms with Crippen LogP contribution in [0.1, 0.15) is 17.7 Å². The number of nitrogens with one attached hydrogen (secondary N) is 1. The number of hydrogen-bond donors (Lipinski definition) is 1. The van der Waals surface area contributed by atoms with Crippen LogP contribution in [0.4, 0.5) is 5.69 Å². The molecular formula is C18H17ClN4O2S. The van der Waals surface area contributed by atoms with Crippen molar-refractivity contribution in [2.24, 2.45) is 0 Å². The largest absolute Gasteiger partial charge is 0.315 e. The van der Waals surface area contributed by atoms with Gasteiger partial charge in [-0.25, -0.2) is 4.98 Å². The minimum atomic E-state index is -0.474. The fourth-order valence-electron chi connectivity index (χ4n) is 3.99. The van der Waals surface area contributed by atoms with E-state index in [4.69, 9.17) is 0 Å². The van der Waals surface area contributed by atoms with E-state index < -0.39 is 5.41 Å². The summed E-state index contributed by atoms with van der Waals surface area (Å²) in [4.78, 5) is 32.5. The molecule has 26 heavy (non-hydrogen) atoms. The Balaban J connectivity index is 0.00000168. The summed E-state index contributed by atoms with van der Waals surface area (Å²) in [5.74, 6) is 0.104. The Kier molecular flexibility index (Phi) is 4.10. The molecule has 1 aromatic carbocycles. The topological polar surface area (TPSA) is 66.7 Å². The molecule has 6 nitrogen and oxygen atoms in total. The van der Waals surface area contributed by atoms with Gasteiger partial charge in [-0.05, 0) is 24.6 Å². The number of hydrogen-bond acceptors (Lipinski definition) is 5. The lowest BCUT2D eigenvalue weighted by Crippen LogP contribution is -2.41. The van der Waals surface area contributed by atoms with Crippen LogP contribution in [0.15, 0.2) is 46.7 Å². The number of benzene rings is 1. The number of aromatic nitrogens is 2. The molecule has 1 amide bonds. The summed E-state index contributed by atoms with van der Waals surface area (Å²) in [5, 5.41) is 5.16. The van der Waals surface area contributed by atoms with E-state index in [1.807, 2.05) is 29.6 Å². The second-order valence-corrected chi connectivity index (χ2v) is 7.43. The van der Waals surface area contributed by atoms with E-state index in [1.54, 1.807) is 11.1 Å². The molecule has 1 spiro atoms. The van der Waals surface area contributed by atoms with Crippen molar-refractivity contribution < 1.29 is 4.79 Å². The second-order valence-electron chi connectivity index (χ2n) is 6.56.